The summed E-state index contributed by atoms with van der Waals surface area (Å²) in [7, 11) is 1.58. The molecule has 0 bridgehead atoms. The van der Waals surface area contributed by atoms with Crippen LogP contribution in [0.25, 0.3) is 0 Å². The molecule has 0 radical (unpaired) electrons. The van der Waals surface area contributed by atoms with Crippen LogP contribution in [0.4, 0.5) is 4.79 Å². The van der Waals surface area contributed by atoms with Crippen LogP contribution in [0, 0.1) is 13.8 Å². The maximum atomic E-state index is 12.9. The Morgan fingerprint density at radius 2 is 1.64 bits per heavy atom. The van der Waals surface area contributed by atoms with E-state index in [1.165, 1.54) is 4.90 Å². The monoisotopic (exact) mass is 382 g/mol. The van der Waals surface area contributed by atoms with Crippen LogP contribution >= 0.6 is 0 Å². The molecule has 3 rings (SSSR count). The fraction of sp³-hybridized carbons (Fsp3) is 0.364. The molecule has 0 aliphatic carbocycles. The van der Waals surface area contributed by atoms with Crippen LogP contribution in [0.5, 0.6) is 11.5 Å². The zero-order valence-corrected chi connectivity index (χ0v) is 16.7. The molecule has 2 aromatic rings. The van der Waals surface area contributed by atoms with Gasteiger partial charge in [-0.3, -0.25) is 9.69 Å². The third kappa shape index (κ3) is 3.96. The van der Waals surface area contributed by atoms with Crippen molar-refractivity contribution < 1.29 is 19.1 Å². The highest BCUT2D eigenvalue weighted by atomic mass is 16.5. The molecule has 1 N–H and O–H groups in total. The average Bonchev–Trinajstić information content (AvgIpc) is 2.88. The van der Waals surface area contributed by atoms with E-state index < -0.39 is 5.54 Å². The van der Waals surface area contributed by atoms with Crippen LogP contribution in [0.1, 0.15) is 30.0 Å². The van der Waals surface area contributed by atoms with Crippen LogP contribution in [0.2, 0.25) is 0 Å². The Morgan fingerprint density at radius 1 is 1.00 bits per heavy atom. The molecule has 0 saturated carbocycles. The van der Waals surface area contributed by atoms with Crippen molar-refractivity contribution in [2.45, 2.75) is 32.7 Å². The molecule has 148 valence electrons. The molecular formula is C22H26N2O4. The van der Waals surface area contributed by atoms with E-state index in [0.717, 1.165) is 22.4 Å². The second kappa shape index (κ2) is 7.92. The predicted octanol–water partition coefficient (Wildman–Crippen LogP) is 3.55. The van der Waals surface area contributed by atoms with Crippen molar-refractivity contribution in [3.05, 3.63) is 59.2 Å². The van der Waals surface area contributed by atoms with Gasteiger partial charge in [0.25, 0.3) is 5.91 Å². The first-order chi connectivity index (χ1) is 13.3. The Bertz CT molecular complexity index is 858. The number of carbonyl (C=O) groups excluding carboxylic acids is 2. The van der Waals surface area contributed by atoms with Crippen LogP contribution in [-0.2, 0) is 10.3 Å². The van der Waals surface area contributed by atoms with E-state index in [4.69, 9.17) is 9.47 Å². The normalized spacial score (nSPS) is 18.9. The number of imide groups is 1. The maximum Gasteiger partial charge on any atom is 0.325 e. The summed E-state index contributed by atoms with van der Waals surface area (Å²) in [6, 6.07) is 12.8. The van der Waals surface area contributed by atoms with Gasteiger partial charge < -0.3 is 14.8 Å². The second-order valence-electron chi connectivity index (χ2n) is 7.27. The van der Waals surface area contributed by atoms with Crippen molar-refractivity contribution in [1.82, 2.24) is 10.2 Å². The van der Waals surface area contributed by atoms with Gasteiger partial charge >= 0.3 is 6.03 Å². The van der Waals surface area contributed by atoms with Gasteiger partial charge in [-0.15, -0.1) is 0 Å². The molecule has 1 heterocycles. The lowest BCUT2D eigenvalue weighted by Gasteiger charge is -2.22. The van der Waals surface area contributed by atoms with E-state index in [-0.39, 0.29) is 11.9 Å². The number of hydrogen-bond donors (Lipinski definition) is 1. The van der Waals surface area contributed by atoms with Crippen molar-refractivity contribution >= 4 is 11.9 Å². The maximum absolute atomic E-state index is 12.9. The molecule has 28 heavy (non-hydrogen) atoms. The summed E-state index contributed by atoms with van der Waals surface area (Å²) in [5.74, 6) is 1.25. The Balaban J connectivity index is 1.60. The standard InChI is InChI=1S/C22H26N2O4/c1-15-12-16(2)14-19(13-15)28-11-5-10-24-20(25)22(3,23-21(24)26)17-6-8-18(27-4)9-7-17/h6-9,12-14H,5,10-11H2,1-4H3,(H,23,26). The number of aryl methyl sites for hydroxylation is 2. The van der Waals surface area contributed by atoms with Crippen molar-refractivity contribution in [1.29, 1.82) is 0 Å². The highest BCUT2D eigenvalue weighted by Crippen LogP contribution is 2.30. The average molecular weight is 382 g/mol. The first-order valence-electron chi connectivity index (χ1n) is 9.33. The second-order valence-corrected chi connectivity index (χ2v) is 7.27. The molecule has 6 heteroatoms. The van der Waals surface area contributed by atoms with Crippen molar-refractivity contribution in [2.75, 3.05) is 20.3 Å². The molecular weight excluding hydrogens is 356 g/mol. The third-order valence-corrected chi connectivity index (χ3v) is 4.93. The highest BCUT2D eigenvalue weighted by Gasteiger charge is 2.48. The predicted molar refractivity (Wildman–Crippen MR) is 107 cm³/mol. The molecule has 1 atom stereocenters. The molecule has 3 amide bonds. The molecule has 2 aromatic carbocycles. The van der Waals surface area contributed by atoms with Crippen LogP contribution in [0.3, 0.4) is 0 Å². The van der Waals surface area contributed by atoms with E-state index in [1.54, 1.807) is 38.3 Å². The SMILES string of the molecule is COc1ccc(C2(C)NC(=O)N(CCCOc3cc(C)cc(C)c3)C2=O)cc1. The molecule has 1 fully saturated rings. The zero-order chi connectivity index (χ0) is 20.3. The Labute approximate surface area is 165 Å². The fourth-order valence-electron chi connectivity index (χ4n) is 3.45. The minimum atomic E-state index is -1.07. The molecule has 0 spiro atoms. The molecule has 0 aromatic heterocycles. The van der Waals surface area contributed by atoms with Crippen LogP contribution < -0.4 is 14.8 Å². The Hall–Kier alpha value is -3.02. The van der Waals surface area contributed by atoms with Crippen LogP contribution in [-0.4, -0.2) is 37.1 Å². The van der Waals surface area contributed by atoms with Gasteiger partial charge in [0.2, 0.25) is 0 Å². The van der Waals surface area contributed by atoms with Gasteiger partial charge in [0.05, 0.1) is 13.7 Å². The number of nitrogens with one attached hydrogen (secondary N) is 1. The summed E-state index contributed by atoms with van der Waals surface area (Å²) in [6.07, 6.45) is 0.560. The lowest BCUT2D eigenvalue weighted by atomic mass is 9.92. The number of methoxy groups -OCH3 is 1. The summed E-state index contributed by atoms with van der Waals surface area (Å²) in [5, 5.41) is 2.81. The zero-order valence-electron chi connectivity index (χ0n) is 16.7. The van der Waals surface area contributed by atoms with Crippen LogP contribution in [0.15, 0.2) is 42.5 Å². The number of nitrogens with zero attached hydrogens (tertiary/aromatic N) is 1. The lowest BCUT2D eigenvalue weighted by Crippen LogP contribution is -2.41. The minimum Gasteiger partial charge on any atom is -0.497 e. The summed E-state index contributed by atoms with van der Waals surface area (Å²) in [6.45, 7) is 6.50. The molecule has 1 unspecified atom stereocenters. The Morgan fingerprint density at radius 3 is 2.25 bits per heavy atom. The van der Waals surface area contributed by atoms with E-state index in [1.807, 2.05) is 26.0 Å². The number of amides is 3. The smallest absolute Gasteiger partial charge is 0.325 e. The van der Waals surface area contributed by atoms with Gasteiger partial charge in [-0.05, 0) is 68.1 Å². The van der Waals surface area contributed by atoms with Gasteiger partial charge in [0.15, 0.2) is 0 Å². The molecule has 6 nitrogen and oxygen atoms in total. The van der Waals surface area contributed by atoms with E-state index >= 15 is 0 Å². The molecule has 1 saturated heterocycles. The topological polar surface area (TPSA) is 67.9 Å². The number of urea groups is 1. The Kier molecular flexibility index (Phi) is 5.58. The minimum absolute atomic E-state index is 0.255. The van der Waals surface area contributed by atoms with E-state index in [9.17, 15) is 9.59 Å². The third-order valence-electron chi connectivity index (χ3n) is 4.93. The van der Waals surface area contributed by atoms with Gasteiger partial charge in [0, 0.05) is 6.54 Å². The van der Waals surface area contributed by atoms with Gasteiger partial charge in [-0.2, -0.15) is 0 Å². The molecule has 1 aliphatic heterocycles. The van der Waals surface area contributed by atoms with Crippen molar-refractivity contribution in [3.8, 4) is 11.5 Å². The van der Waals surface area contributed by atoms with E-state index in [2.05, 4.69) is 11.4 Å². The number of ether oxygens (including phenoxy) is 2. The number of rotatable bonds is 7. The fourth-order valence-corrected chi connectivity index (χ4v) is 3.45. The quantitative estimate of drug-likeness (QED) is 0.587. The van der Waals surface area contributed by atoms with Gasteiger partial charge in [-0.1, -0.05) is 18.2 Å². The summed E-state index contributed by atoms with van der Waals surface area (Å²) in [5.41, 5.74) is 1.93. The number of benzene rings is 2. The van der Waals surface area contributed by atoms with Crippen molar-refractivity contribution in [3.63, 3.8) is 0 Å². The van der Waals surface area contributed by atoms with Gasteiger partial charge in [-0.25, -0.2) is 4.79 Å². The summed E-state index contributed by atoms with van der Waals surface area (Å²) in [4.78, 5) is 26.6. The highest BCUT2D eigenvalue weighted by molar-refractivity contribution is 6.07. The summed E-state index contributed by atoms with van der Waals surface area (Å²) < 4.78 is 10.9. The first kappa shape index (κ1) is 19.7. The molecule has 1 aliphatic rings. The van der Waals surface area contributed by atoms with E-state index in [0.29, 0.717) is 25.3 Å². The summed E-state index contributed by atoms with van der Waals surface area (Å²) >= 11 is 0. The first-order valence-corrected chi connectivity index (χ1v) is 9.33. The number of carbonyl (C=O) groups is 2. The number of hydrogen-bond acceptors (Lipinski definition) is 4. The van der Waals surface area contributed by atoms with Gasteiger partial charge in [0.1, 0.15) is 17.0 Å². The van der Waals surface area contributed by atoms with Crippen molar-refractivity contribution in [2.24, 2.45) is 0 Å². The lowest BCUT2D eigenvalue weighted by molar-refractivity contribution is -0.131. The largest absolute Gasteiger partial charge is 0.497 e.